The first-order valence-corrected chi connectivity index (χ1v) is 5.35. The minimum atomic E-state index is -1.27. The molecule has 1 amide bonds. The molecule has 0 aliphatic rings. The molecule has 0 aromatic heterocycles. The summed E-state index contributed by atoms with van der Waals surface area (Å²) in [7, 11) is 0. The average molecular weight is 244 g/mol. The summed E-state index contributed by atoms with van der Waals surface area (Å²) in [4.78, 5) is 11.5. The van der Waals surface area contributed by atoms with Gasteiger partial charge < -0.3 is 15.5 Å². The Labute approximate surface area is 98.9 Å². The van der Waals surface area contributed by atoms with Crippen LogP contribution >= 0.6 is 11.6 Å². The second kappa shape index (κ2) is 6.48. The number of rotatable bonds is 5. The maximum Gasteiger partial charge on any atom is 0.253 e. The zero-order chi connectivity index (χ0) is 12.0. The summed E-state index contributed by atoms with van der Waals surface area (Å²) in [5.74, 6) is -0.512. The number of aliphatic hydroxyl groups excluding tert-OH is 2. The maximum absolute atomic E-state index is 11.5. The zero-order valence-corrected chi connectivity index (χ0v) is 9.44. The lowest BCUT2D eigenvalue weighted by atomic mass is 10.1. The molecule has 0 heterocycles. The minimum absolute atomic E-state index is 0.00245. The van der Waals surface area contributed by atoms with E-state index in [0.29, 0.717) is 23.6 Å². The third-order valence-corrected chi connectivity index (χ3v) is 2.43. The van der Waals surface area contributed by atoms with Crippen molar-refractivity contribution < 1.29 is 15.0 Å². The van der Waals surface area contributed by atoms with Crippen molar-refractivity contribution in [2.24, 2.45) is 0 Å². The smallest absolute Gasteiger partial charge is 0.253 e. The van der Waals surface area contributed by atoms with E-state index >= 15 is 0 Å². The first-order valence-electron chi connectivity index (χ1n) is 4.98. The molecule has 1 aromatic rings. The Hall–Kier alpha value is -1.10. The number of hydrogen-bond acceptors (Lipinski definition) is 3. The van der Waals surface area contributed by atoms with Crippen LogP contribution in [-0.4, -0.2) is 29.3 Å². The Morgan fingerprint density at radius 2 is 2.12 bits per heavy atom. The molecular weight excluding hydrogens is 230 g/mol. The van der Waals surface area contributed by atoms with Gasteiger partial charge in [-0.1, -0.05) is 29.8 Å². The van der Waals surface area contributed by atoms with E-state index < -0.39 is 12.0 Å². The summed E-state index contributed by atoms with van der Waals surface area (Å²) >= 11 is 5.84. The molecule has 0 bridgehead atoms. The van der Waals surface area contributed by atoms with Crippen LogP contribution in [-0.2, 0) is 4.79 Å². The zero-order valence-electron chi connectivity index (χ0n) is 8.69. The Morgan fingerprint density at radius 3 is 2.75 bits per heavy atom. The molecule has 0 aliphatic carbocycles. The number of amides is 1. The highest BCUT2D eigenvalue weighted by Crippen LogP contribution is 2.22. The van der Waals surface area contributed by atoms with Crippen LogP contribution in [0.4, 0.5) is 0 Å². The van der Waals surface area contributed by atoms with Crippen molar-refractivity contribution in [3.8, 4) is 0 Å². The molecule has 1 atom stereocenters. The standard InChI is InChI=1S/C11H14ClNO3/c12-9-5-2-1-4-8(9)10(15)11(16)13-6-3-7-14/h1-2,4-5,10,14-15H,3,6-7H2,(H,13,16). The Morgan fingerprint density at radius 1 is 1.44 bits per heavy atom. The van der Waals surface area contributed by atoms with Gasteiger partial charge in [-0.15, -0.1) is 0 Å². The Bertz CT molecular complexity index is 357. The van der Waals surface area contributed by atoms with Gasteiger partial charge in [0.2, 0.25) is 0 Å². The molecule has 0 fully saturated rings. The van der Waals surface area contributed by atoms with Crippen molar-refractivity contribution in [3.05, 3.63) is 34.9 Å². The fourth-order valence-corrected chi connectivity index (χ4v) is 1.46. The lowest BCUT2D eigenvalue weighted by molar-refractivity contribution is -0.129. The van der Waals surface area contributed by atoms with E-state index in [1.807, 2.05) is 0 Å². The van der Waals surface area contributed by atoms with Crippen LogP contribution in [0.15, 0.2) is 24.3 Å². The summed E-state index contributed by atoms with van der Waals surface area (Å²) in [6.07, 6.45) is -0.812. The van der Waals surface area contributed by atoms with E-state index in [0.717, 1.165) is 0 Å². The molecule has 88 valence electrons. The molecule has 0 aliphatic heterocycles. The maximum atomic E-state index is 11.5. The second-order valence-electron chi connectivity index (χ2n) is 3.29. The quantitative estimate of drug-likeness (QED) is 0.673. The first kappa shape index (κ1) is 13.0. The van der Waals surface area contributed by atoms with Gasteiger partial charge in [0, 0.05) is 23.7 Å². The number of benzene rings is 1. The van der Waals surface area contributed by atoms with Gasteiger partial charge in [-0.25, -0.2) is 0 Å². The van der Waals surface area contributed by atoms with E-state index in [-0.39, 0.29) is 6.61 Å². The van der Waals surface area contributed by atoms with Crippen LogP contribution in [0, 0.1) is 0 Å². The topological polar surface area (TPSA) is 69.6 Å². The van der Waals surface area contributed by atoms with Crippen molar-refractivity contribution in [2.45, 2.75) is 12.5 Å². The number of hydrogen-bond donors (Lipinski definition) is 3. The summed E-state index contributed by atoms with van der Waals surface area (Å²) in [6.45, 7) is 0.333. The number of nitrogens with one attached hydrogen (secondary N) is 1. The Kier molecular flexibility index (Phi) is 5.25. The molecule has 1 aromatic carbocycles. The van der Waals surface area contributed by atoms with Gasteiger partial charge in [-0.3, -0.25) is 4.79 Å². The minimum Gasteiger partial charge on any atom is -0.396 e. The number of carbonyl (C=O) groups is 1. The highest BCUT2D eigenvalue weighted by atomic mass is 35.5. The van der Waals surface area contributed by atoms with Crippen molar-refractivity contribution in [1.82, 2.24) is 5.32 Å². The fraction of sp³-hybridized carbons (Fsp3) is 0.364. The van der Waals surface area contributed by atoms with Gasteiger partial charge in [-0.05, 0) is 12.5 Å². The van der Waals surface area contributed by atoms with Crippen LogP contribution in [0.1, 0.15) is 18.1 Å². The molecule has 5 heteroatoms. The molecule has 1 unspecified atom stereocenters. The normalized spacial score (nSPS) is 12.2. The monoisotopic (exact) mass is 243 g/mol. The summed E-state index contributed by atoms with van der Waals surface area (Å²) in [5, 5.41) is 21.1. The molecule has 3 N–H and O–H groups in total. The van der Waals surface area contributed by atoms with Crippen molar-refractivity contribution in [3.63, 3.8) is 0 Å². The van der Waals surface area contributed by atoms with Crippen LogP contribution in [0.2, 0.25) is 5.02 Å². The van der Waals surface area contributed by atoms with Gasteiger partial charge in [0.25, 0.3) is 5.91 Å². The van der Waals surface area contributed by atoms with Crippen molar-refractivity contribution in [2.75, 3.05) is 13.2 Å². The van der Waals surface area contributed by atoms with Gasteiger partial charge in [0.1, 0.15) is 0 Å². The third-order valence-electron chi connectivity index (χ3n) is 2.08. The van der Waals surface area contributed by atoms with E-state index in [4.69, 9.17) is 16.7 Å². The van der Waals surface area contributed by atoms with E-state index in [9.17, 15) is 9.90 Å². The average Bonchev–Trinajstić information content (AvgIpc) is 2.29. The molecule has 0 radical (unpaired) electrons. The predicted molar refractivity (Wildman–Crippen MR) is 61.1 cm³/mol. The number of halogens is 1. The predicted octanol–water partition coefficient (Wildman–Crippen LogP) is 0.872. The molecule has 1 rings (SSSR count). The van der Waals surface area contributed by atoms with E-state index in [2.05, 4.69) is 5.32 Å². The SMILES string of the molecule is O=C(NCCCO)C(O)c1ccccc1Cl. The van der Waals surface area contributed by atoms with Crippen LogP contribution < -0.4 is 5.32 Å². The lowest BCUT2D eigenvalue weighted by Gasteiger charge is -2.12. The fourth-order valence-electron chi connectivity index (χ4n) is 1.23. The lowest BCUT2D eigenvalue weighted by Crippen LogP contribution is -2.30. The van der Waals surface area contributed by atoms with Gasteiger partial charge in [-0.2, -0.15) is 0 Å². The Balaban J connectivity index is 2.60. The number of aliphatic hydroxyl groups is 2. The first-order chi connectivity index (χ1) is 7.66. The summed E-state index contributed by atoms with van der Waals surface area (Å²) < 4.78 is 0. The van der Waals surface area contributed by atoms with Gasteiger partial charge >= 0.3 is 0 Å². The van der Waals surface area contributed by atoms with Crippen molar-refractivity contribution in [1.29, 1.82) is 0 Å². The number of carbonyl (C=O) groups excluding carboxylic acids is 1. The van der Waals surface area contributed by atoms with E-state index in [1.165, 1.54) is 0 Å². The highest BCUT2D eigenvalue weighted by Gasteiger charge is 2.18. The largest absolute Gasteiger partial charge is 0.396 e. The van der Waals surface area contributed by atoms with Gasteiger partial charge in [0.15, 0.2) is 6.10 Å². The summed E-state index contributed by atoms with van der Waals surface area (Å²) in [5.41, 5.74) is 0.380. The molecule has 16 heavy (non-hydrogen) atoms. The van der Waals surface area contributed by atoms with Crippen LogP contribution in [0.5, 0.6) is 0 Å². The molecular formula is C11H14ClNO3. The second-order valence-corrected chi connectivity index (χ2v) is 3.70. The van der Waals surface area contributed by atoms with Gasteiger partial charge in [0.05, 0.1) is 0 Å². The highest BCUT2D eigenvalue weighted by molar-refractivity contribution is 6.31. The summed E-state index contributed by atoms with van der Waals surface area (Å²) in [6, 6.07) is 6.63. The van der Waals surface area contributed by atoms with Crippen LogP contribution in [0.25, 0.3) is 0 Å². The van der Waals surface area contributed by atoms with Crippen molar-refractivity contribution >= 4 is 17.5 Å². The molecule has 0 spiro atoms. The van der Waals surface area contributed by atoms with Crippen LogP contribution in [0.3, 0.4) is 0 Å². The molecule has 0 saturated carbocycles. The van der Waals surface area contributed by atoms with E-state index in [1.54, 1.807) is 24.3 Å². The molecule has 0 saturated heterocycles. The third kappa shape index (κ3) is 3.48. The molecule has 4 nitrogen and oxygen atoms in total.